The van der Waals surface area contributed by atoms with Crippen molar-refractivity contribution in [2.45, 2.75) is 38.1 Å². The second kappa shape index (κ2) is 9.92. The molecule has 3 heterocycles. The highest BCUT2D eigenvalue weighted by Gasteiger charge is 2.25. The summed E-state index contributed by atoms with van der Waals surface area (Å²) in [6.07, 6.45) is 5.93. The van der Waals surface area contributed by atoms with Crippen LogP contribution in [0, 0.1) is 0 Å². The van der Waals surface area contributed by atoms with E-state index in [1.165, 1.54) is 0 Å². The van der Waals surface area contributed by atoms with E-state index in [9.17, 15) is 9.59 Å². The monoisotopic (exact) mass is 422 g/mol. The summed E-state index contributed by atoms with van der Waals surface area (Å²) in [5, 5.41) is 2.86. The number of fused-ring (bicyclic) bond motifs is 1. The predicted molar refractivity (Wildman–Crippen MR) is 119 cm³/mol. The van der Waals surface area contributed by atoms with Crippen molar-refractivity contribution in [3.63, 3.8) is 0 Å². The molecule has 164 valence electrons. The summed E-state index contributed by atoms with van der Waals surface area (Å²) in [5.74, 6) is 0.708. The highest BCUT2D eigenvalue weighted by molar-refractivity contribution is 5.94. The van der Waals surface area contributed by atoms with Crippen LogP contribution in [0.15, 0.2) is 42.6 Å². The number of likely N-dealkylation sites (N-methyl/N-ethyl adjacent to an activating group) is 1. The fraction of sp³-hybridized carbons (Fsp3) is 0.458. The first-order valence-corrected chi connectivity index (χ1v) is 11.0. The first-order valence-electron chi connectivity index (χ1n) is 11.0. The molecule has 1 N–H and O–H groups in total. The second-order valence-electron chi connectivity index (χ2n) is 8.30. The summed E-state index contributed by atoms with van der Waals surface area (Å²) < 4.78 is 5.76. The number of nitrogens with one attached hydrogen (secondary N) is 1. The molecular formula is C24H30N4O3. The standard InChI is InChI=1S/C24H30N4O3/c1-27(20-10-14-28(15-11-20)13-9-19-4-2-3-12-25-19)24(30)17-31-21-6-7-22-18(16-21)5-8-23(29)26-22/h2-4,6-7,12,16,20H,5,8-11,13-15,17H2,1H3,(H,26,29). The Kier molecular flexibility index (Phi) is 6.82. The molecule has 0 spiro atoms. The van der Waals surface area contributed by atoms with Gasteiger partial charge in [-0.25, -0.2) is 0 Å². The van der Waals surface area contributed by atoms with E-state index in [1.54, 1.807) is 6.07 Å². The molecule has 0 aliphatic carbocycles. The van der Waals surface area contributed by atoms with Crippen LogP contribution >= 0.6 is 0 Å². The number of piperidine rings is 1. The number of aromatic nitrogens is 1. The van der Waals surface area contributed by atoms with Crippen LogP contribution in [0.25, 0.3) is 0 Å². The van der Waals surface area contributed by atoms with Crippen molar-refractivity contribution in [2.24, 2.45) is 0 Å². The van der Waals surface area contributed by atoms with Gasteiger partial charge < -0.3 is 19.9 Å². The van der Waals surface area contributed by atoms with E-state index in [1.807, 2.05) is 42.4 Å². The third-order valence-electron chi connectivity index (χ3n) is 6.24. The van der Waals surface area contributed by atoms with Gasteiger partial charge >= 0.3 is 0 Å². The molecular weight excluding hydrogens is 392 g/mol. The zero-order valence-electron chi connectivity index (χ0n) is 18.0. The molecule has 0 bridgehead atoms. The topological polar surface area (TPSA) is 74.8 Å². The number of benzene rings is 1. The minimum absolute atomic E-state index is 0.00189. The minimum Gasteiger partial charge on any atom is -0.484 e. The lowest BCUT2D eigenvalue weighted by Crippen LogP contribution is -2.47. The second-order valence-corrected chi connectivity index (χ2v) is 8.30. The summed E-state index contributed by atoms with van der Waals surface area (Å²) in [4.78, 5) is 32.8. The van der Waals surface area contributed by atoms with E-state index in [2.05, 4.69) is 21.3 Å². The smallest absolute Gasteiger partial charge is 0.260 e. The van der Waals surface area contributed by atoms with Gasteiger partial charge in [0, 0.05) is 63.1 Å². The van der Waals surface area contributed by atoms with Gasteiger partial charge in [-0.1, -0.05) is 6.07 Å². The Hall–Kier alpha value is -2.93. The lowest BCUT2D eigenvalue weighted by atomic mass is 10.0. The van der Waals surface area contributed by atoms with E-state index in [-0.39, 0.29) is 24.5 Å². The lowest BCUT2D eigenvalue weighted by Gasteiger charge is -2.36. The maximum Gasteiger partial charge on any atom is 0.260 e. The fourth-order valence-corrected chi connectivity index (χ4v) is 4.25. The molecule has 2 aliphatic heterocycles. The van der Waals surface area contributed by atoms with Gasteiger partial charge in [-0.05, 0) is 55.2 Å². The lowest BCUT2D eigenvalue weighted by molar-refractivity contribution is -0.135. The number of carbonyl (C=O) groups excluding carboxylic acids is 2. The van der Waals surface area contributed by atoms with Crippen LogP contribution in [0.1, 0.15) is 30.5 Å². The number of aryl methyl sites for hydroxylation is 1. The van der Waals surface area contributed by atoms with Crippen LogP contribution in [0.2, 0.25) is 0 Å². The number of ether oxygens (including phenoxy) is 1. The first-order chi connectivity index (χ1) is 15.1. The fourth-order valence-electron chi connectivity index (χ4n) is 4.25. The zero-order valence-corrected chi connectivity index (χ0v) is 18.0. The van der Waals surface area contributed by atoms with Crippen molar-refractivity contribution < 1.29 is 14.3 Å². The SMILES string of the molecule is CN(C(=O)COc1ccc2c(c1)CCC(=O)N2)C1CCN(CCc2ccccn2)CC1. The molecule has 2 aliphatic rings. The molecule has 0 radical (unpaired) electrons. The number of hydrogen-bond acceptors (Lipinski definition) is 5. The maximum absolute atomic E-state index is 12.7. The van der Waals surface area contributed by atoms with E-state index in [0.29, 0.717) is 18.6 Å². The number of nitrogens with zero attached hydrogens (tertiary/aromatic N) is 3. The summed E-state index contributed by atoms with van der Waals surface area (Å²) >= 11 is 0. The van der Waals surface area contributed by atoms with Gasteiger partial charge in [0.1, 0.15) is 5.75 Å². The molecule has 0 unspecified atom stereocenters. The van der Waals surface area contributed by atoms with Gasteiger partial charge in [0.25, 0.3) is 5.91 Å². The van der Waals surface area contributed by atoms with Crippen LogP contribution in [-0.2, 0) is 22.4 Å². The zero-order chi connectivity index (χ0) is 21.6. The number of carbonyl (C=O) groups is 2. The summed E-state index contributed by atoms with van der Waals surface area (Å²) in [5.41, 5.74) is 3.01. The van der Waals surface area contributed by atoms with Crippen LogP contribution in [0.4, 0.5) is 5.69 Å². The summed E-state index contributed by atoms with van der Waals surface area (Å²) in [6.45, 7) is 3.02. The van der Waals surface area contributed by atoms with Gasteiger partial charge in [-0.15, -0.1) is 0 Å². The van der Waals surface area contributed by atoms with E-state index >= 15 is 0 Å². The van der Waals surface area contributed by atoms with Gasteiger partial charge in [0.05, 0.1) is 0 Å². The van der Waals surface area contributed by atoms with Crippen molar-refractivity contribution in [2.75, 3.05) is 38.6 Å². The summed E-state index contributed by atoms with van der Waals surface area (Å²) in [6, 6.07) is 11.9. The van der Waals surface area contributed by atoms with Crippen LogP contribution in [-0.4, -0.2) is 65.9 Å². The Labute approximate surface area is 183 Å². The number of rotatable bonds is 7. The highest BCUT2D eigenvalue weighted by atomic mass is 16.5. The maximum atomic E-state index is 12.7. The predicted octanol–water partition coefficient (Wildman–Crippen LogP) is 2.51. The molecule has 1 aromatic carbocycles. The van der Waals surface area contributed by atoms with E-state index < -0.39 is 0 Å². The number of likely N-dealkylation sites (tertiary alicyclic amines) is 1. The van der Waals surface area contributed by atoms with Crippen LogP contribution in [0.5, 0.6) is 5.75 Å². The Morgan fingerprint density at radius 3 is 2.84 bits per heavy atom. The van der Waals surface area contributed by atoms with Gasteiger partial charge in [-0.3, -0.25) is 14.6 Å². The molecule has 1 saturated heterocycles. The Morgan fingerprint density at radius 1 is 1.23 bits per heavy atom. The van der Waals surface area contributed by atoms with Crippen LogP contribution in [0.3, 0.4) is 0 Å². The van der Waals surface area contributed by atoms with Crippen molar-refractivity contribution in [3.05, 3.63) is 53.9 Å². The van der Waals surface area contributed by atoms with Crippen molar-refractivity contribution in [3.8, 4) is 5.75 Å². The number of pyridine rings is 1. The normalized spacial score (nSPS) is 17.0. The molecule has 1 aromatic heterocycles. The number of hydrogen-bond donors (Lipinski definition) is 1. The quantitative estimate of drug-likeness (QED) is 0.742. The van der Waals surface area contributed by atoms with Gasteiger partial charge in [-0.2, -0.15) is 0 Å². The molecule has 31 heavy (non-hydrogen) atoms. The Balaban J connectivity index is 1.20. The van der Waals surface area contributed by atoms with Crippen LogP contribution < -0.4 is 10.1 Å². The van der Waals surface area contributed by atoms with Gasteiger partial charge in [0.2, 0.25) is 5.91 Å². The average molecular weight is 423 g/mol. The first kappa shape index (κ1) is 21.3. The van der Waals surface area contributed by atoms with Crippen molar-refractivity contribution in [1.29, 1.82) is 0 Å². The number of anilines is 1. The highest BCUT2D eigenvalue weighted by Crippen LogP contribution is 2.27. The molecule has 0 saturated carbocycles. The average Bonchev–Trinajstić information content (AvgIpc) is 2.81. The van der Waals surface area contributed by atoms with E-state index in [0.717, 1.165) is 55.8 Å². The Bertz CT molecular complexity index is 910. The molecule has 2 aromatic rings. The largest absolute Gasteiger partial charge is 0.484 e. The van der Waals surface area contributed by atoms with Gasteiger partial charge in [0.15, 0.2) is 6.61 Å². The van der Waals surface area contributed by atoms with E-state index in [4.69, 9.17) is 4.74 Å². The summed E-state index contributed by atoms with van der Waals surface area (Å²) in [7, 11) is 1.88. The molecule has 7 heteroatoms. The third-order valence-corrected chi connectivity index (χ3v) is 6.24. The molecule has 1 fully saturated rings. The minimum atomic E-state index is -0.00189. The van der Waals surface area contributed by atoms with Crippen molar-refractivity contribution >= 4 is 17.5 Å². The third kappa shape index (κ3) is 5.61. The molecule has 2 amide bonds. The Morgan fingerprint density at radius 2 is 2.06 bits per heavy atom. The molecule has 0 atom stereocenters. The number of amides is 2. The molecule has 4 rings (SSSR count). The van der Waals surface area contributed by atoms with Crippen molar-refractivity contribution in [1.82, 2.24) is 14.8 Å². The molecule has 7 nitrogen and oxygen atoms in total.